The van der Waals surface area contributed by atoms with Gasteiger partial charge in [-0.1, -0.05) is 59.8 Å². The molecule has 0 bridgehead atoms. The third-order valence-corrected chi connectivity index (χ3v) is 11.4. The van der Waals surface area contributed by atoms with Crippen molar-refractivity contribution in [2.45, 2.75) is 68.3 Å². The molecule has 0 saturated carbocycles. The molecular weight excluding hydrogens is 754 g/mol. The Labute approximate surface area is 333 Å². The van der Waals surface area contributed by atoms with E-state index in [2.05, 4.69) is 32.3 Å². The van der Waals surface area contributed by atoms with Crippen molar-refractivity contribution in [3.05, 3.63) is 99.5 Å². The van der Waals surface area contributed by atoms with Crippen LogP contribution in [0.3, 0.4) is 0 Å². The monoisotopic (exact) mass is 793 g/mol. The second kappa shape index (κ2) is 18.9. The number of unbranched alkanes of at least 4 members (excludes halogenated alkanes) is 1. The summed E-state index contributed by atoms with van der Waals surface area (Å²) in [6.07, 6.45) is 7.56. The highest BCUT2D eigenvalue weighted by Crippen LogP contribution is 2.40. The van der Waals surface area contributed by atoms with Crippen LogP contribution in [-0.4, -0.2) is 63.6 Å². The van der Waals surface area contributed by atoms with Gasteiger partial charge in [0.15, 0.2) is 0 Å². The number of thiazole rings is 1. The van der Waals surface area contributed by atoms with Gasteiger partial charge in [-0.3, -0.25) is 4.79 Å². The van der Waals surface area contributed by atoms with Crippen molar-refractivity contribution in [3.63, 3.8) is 0 Å². The Balaban J connectivity index is 1.08. The number of pyridine rings is 1. The Hall–Kier alpha value is -5.25. The molecule has 1 aliphatic heterocycles. The zero-order valence-electron chi connectivity index (χ0n) is 30.3. The van der Waals surface area contributed by atoms with Crippen LogP contribution in [0, 0.1) is 22.7 Å². The van der Waals surface area contributed by atoms with Crippen LogP contribution < -0.4 is 16.0 Å². The number of nitriles is 2. The zero-order valence-corrected chi connectivity index (χ0v) is 32.6. The Morgan fingerprint density at radius 2 is 1.78 bits per heavy atom. The first-order chi connectivity index (χ1) is 26.7. The number of nitrogens with one attached hydrogen (secondary N) is 2. The summed E-state index contributed by atoms with van der Waals surface area (Å²) in [4.78, 5) is 43.6. The molecule has 0 unspecified atom stereocenters. The Morgan fingerprint density at radius 3 is 2.47 bits per heavy atom. The van der Waals surface area contributed by atoms with Gasteiger partial charge < -0.3 is 25.7 Å². The third kappa shape index (κ3) is 10.1. The van der Waals surface area contributed by atoms with Crippen LogP contribution in [0.2, 0.25) is 5.02 Å². The lowest BCUT2D eigenvalue weighted by atomic mass is 9.95. The molecule has 6 rings (SSSR count). The number of amides is 1. The van der Waals surface area contributed by atoms with E-state index >= 15 is 0 Å². The number of rotatable bonds is 16. The molecule has 3 aromatic heterocycles. The van der Waals surface area contributed by atoms with Crippen molar-refractivity contribution in [1.82, 2.24) is 25.3 Å². The van der Waals surface area contributed by atoms with E-state index in [1.165, 1.54) is 18.1 Å². The Morgan fingerprint density at radius 1 is 1.05 bits per heavy atom. The maximum absolute atomic E-state index is 12.5. The highest BCUT2D eigenvalue weighted by Gasteiger charge is 2.27. The fourth-order valence-corrected chi connectivity index (χ4v) is 8.16. The predicted octanol–water partition coefficient (Wildman–Crippen LogP) is 6.83. The number of H-pyrrole nitrogens is 1. The minimum atomic E-state index is -0.831. The summed E-state index contributed by atoms with van der Waals surface area (Å²) < 4.78 is 5.40. The number of benzene rings is 2. The minimum absolute atomic E-state index is 0.217. The number of carbonyl (C=O) groups excluding carboxylic acids is 2. The molecule has 4 heterocycles. The average molecular weight is 794 g/mol. The number of hydrogen-bond acceptors (Lipinski definition) is 12. The van der Waals surface area contributed by atoms with Crippen molar-refractivity contribution in [2.75, 3.05) is 24.6 Å². The van der Waals surface area contributed by atoms with E-state index in [4.69, 9.17) is 32.0 Å². The maximum Gasteiger partial charge on any atom is 0.328 e. The quantitative estimate of drug-likeness (QED) is 0.0540. The number of aromatic amines is 1. The summed E-state index contributed by atoms with van der Waals surface area (Å²) in [5.74, 6) is 0.158. The average Bonchev–Trinajstić information content (AvgIpc) is 4.01. The van der Waals surface area contributed by atoms with Gasteiger partial charge in [-0.15, -0.1) is 11.3 Å². The van der Waals surface area contributed by atoms with Gasteiger partial charge in [-0.25, -0.2) is 19.7 Å². The highest BCUT2D eigenvalue weighted by molar-refractivity contribution is 7.98. The predicted molar refractivity (Wildman–Crippen MR) is 214 cm³/mol. The van der Waals surface area contributed by atoms with Crippen LogP contribution in [-0.2, 0) is 32.9 Å². The molecule has 4 N–H and O–H groups in total. The Bertz CT molecular complexity index is 2170. The molecule has 1 fully saturated rings. The van der Waals surface area contributed by atoms with Gasteiger partial charge in [0, 0.05) is 58.7 Å². The number of carbonyl (C=O) groups is 2. The van der Waals surface area contributed by atoms with E-state index < -0.39 is 24.0 Å². The van der Waals surface area contributed by atoms with Gasteiger partial charge in [0.25, 0.3) is 0 Å². The number of hydrogen-bond donors (Lipinski definition) is 3. The lowest BCUT2D eigenvalue weighted by Crippen LogP contribution is -2.48. The van der Waals surface area contributed by atoms with E-state index in [1.807, 2.05) is 53.9 Å². The van der Waals surface area contributed by atoms with Crippen LogP contribution in [0.1, 0.15) is 60.7 Å². The number of aromatic nitrogens is 4. The van der Waals surface area contributed by atoms with Crippen molar-refractivity contribution in [1.29, 1.82) is 10.5 Å². The largest absolute Gasteiger partial charge is 0.464 e. The van der Waals surface area contributed by atoms with Gasteiger partial charge in [0.05, 0.1) is 30.2 Å². The molecule has 55 heavy (non-hydrogen) atoms. The van der Waals surface area contributed by atoms with E-state index in [9.17, 15) is 20.1 Å². The van der Waals surface area contributed by atoms with Crippen LogP contribution in [0.25, 0.3) is 21.7 Å². The SMILES string of the molecule is C[C@H](NC(=O)[C@@H](N)Cc1cnc[nH]1)C(=O)OCCCCc1ccc(-c2c(C#N)c(SCc3csc(-c4ccc(Cl)cc4)n3)nc(N3CCCC3)c2C#N)cc1. The number of nitrogens with zero attached hydrogens (tertiary/aromatic N) is 6. The summed E-state index contributed by atoms with van der Waals surface area (Å²) in [7, 11) is 0. The molecule has 12 nitrogen and oxygen atoms in total. The standard InChI is InChI=1S/C40H40ClN9O3S2/c1-25(47-37(51)34(44)18-30-21-45-24-46-30)40(52)53-17-5-2-6-26-7-9-27(10-8-26)35-32(19-42)36(50-15-3-4-16-50)49-39(33(35)20-43)55-23-31-22-54-38(48-31)28-11-13-29(41)14-12-28/h7-14,21-22,24-25,34H,2-6,15-18,23,44H2,1H3,(H,45,46)(H,47,51)/t25-,34-/m0/s1. The molecule has 5 aromatic rings. The van der Waals surface area contributed by atoms with Crippen LogP contribution >= 0.6 is 34.7 Å². The van der Waals surface area contributed by atoms with Gasteiger partial charge in [0.1, 0.15) is 39.6 Å². The van der Waals surface area contributed by atoms with Gasteiger partial charge in [-0.2, -0.15) is 10.5 Å². The second-order valence-corrected chi connectivity index (χ2v) is 15.4. The van der Waals surface area contributed by atoms with Crippen molar-refractivity contribution < 1.29 is 14.3 Å². The smallest absolute Gasteiger partial charge is 0.328 e. The van der Waals surface area contributed by atoms with Gasteiger partial charge >= 0.3 is 5.97 Å². The van der Waals surface area contributed by atoms with Crippen LogP contribution in [0.5, 0.6) is 0 Å². The number of thioether (sulfide) groups is 1. The molecule has 1 saturated heterocycles. The number of anilines is 1. The zero-order chi connectivity index (χ0) is 38.7. The summed E-state index contributed by atoms with van der Waals surface area (Å²) in [6, 6.07) is 18.6. The number of ether oxygens (including phenoxy) is 1. The molecule has 282 valence electrons. The number of aryl methyl sites for hydroxylation is 1. The fourth-order valence-electron chi connectivity index (χ4n) is 6.23. The molecule has 2 aromatic carbocycles. The second-order valence-electron chi connectivity index (χ2n) is 13.2. The normalized spacial score (nSPS) is 13.5. The molecule has 1 aliphatic rings. The van der Waals surface area contributed by atoms with E-state index in [-0.39, 0.29) is 13.0 Å². The molecule has 0 aliphatic carbocycles. The molecule has 2 atom stereocenters. The molecule has 0 radical (unpaired) electrons. The highest BCUT2D eigenvalue weighted by atomic mass is 35.5. The van der Waals surface area contributed by atoms with Gasteiger partial charge in [0.2, 0.25) is 5.91 Å². The molecule has 0 spiro atoms. The van der Waals surface area contributed by atoms with Crippen molar-refractivity contribution in [3.8, 4) is 33.8 Å². The third-order valence-electron chi connectivity index (χ3n) is 9.16. The molecule has 15 heteroatoms. The summed E-state index contributed by atoms with van der Waals surface area (Å²) in [5, 5.41) is 27.7. The summed E-state index contributed by atoms with van der Waals surface area (Å²) in [5.41, 5.74) is 11.8. The summed E-state index contributed by atoms with van der Waals surface area (Å²) in [6.45, 7) is 3.39. The van der Waals surface area contributed by atoms with E-state index in [1.54, 1.807) is 24.5 Å². The minimum Gasteiger partial charge on any atom is -0.464 e. The van der Waals surface area contributed by atoms with Crippen molar-refractivity contribution >= 4 is 52.4 Å². The van der Waals surface area contributed by atoms with E-state index in [0.29, 0.717) is 44.7 Å². The Kier molecular flexibility index (Phi) is 13.5. The number of halogens is 1. The number of esters is 1. The van der Waals surface area contributed by atoms with Crippen LogP contribution in [0.15, 0.2) is 71.5 Å². The summed E-state index contributed by atoms with van der Waals surface area (Å²) >= 11 is 9.07. The van der Waals surface area contributed by atoms with Crippen LogP contribution in [0.4, 0.5) is 5.82 Å². The first-order valence-electron chi connectivity index (χ1n) is 18.0. The first-order valence-corrected chi connectivity index (χ1v) is 20.2. The lowest BCUT2D eigenvalue weighted by Gasteiger charge is -2.22. The van der Waals surface area contributed by atoms with Crippen molar-refractivity contribution in [2.24, 2.45) is 5.73 Å². The molecule has 1 amide bonds. The number of nitrogens with two attached hydrogens (primary N) is 1. The lowest BCUT2D eigenvalue weighted by molar-refractivity contribution is -0.147. The van der Waals surface area contributed by atoms with Gasteiger partial charge in [-0.05, 0) is 62.3 Å². The fraction of sp³-hybridized carbons (Fsp3) is 0.325. The topological polar surface area (TPSA) is 187 Å². The maximum atomic E-state index is 12.5. The van der Waals surface area contributed by atoms with E-state index in [0.717, 1.165) is 71.9 Å². The first kappa shape index (κ1) is 39.4. The number of imidazole rings is 1. The molecular formula is C40H40ClN9O3S2.